The molecule has 1 unspecified atom stereocenters. The Hall–Kier alpha value is -2.87. The van der Waals surface area contributed by atoms with E-state index in [1.54, 1.807) is 63.1 Å². The van der Waals surface area contributed by atoms with E-state index in [1.165, 1.54) is 6.92 Å². The van der Waals surface area contributed by atoms with E-state index in [0.717, 1.165) is 0 Å². The Morgan fingerprint density at radius 3 is 2.69 bits per heavy atom. The van der Waals surface area contributed by atoms with Gasteiger partial charge in [0.1, 0.15) is 6.54 Å². The molecule has 0 bridgehead atoms. The minimum atomic E-state index is -0.621. The van der Waals surface area contributed by atoms with Gasteiger partial charge in [0, 0.05) is 43.8 Å². The molecule has 2 aliphatic heterocycles. The molecule has 0 radical (unpaired) electrons. The molecule has 0 N–H and O–H groups in total. The number of anilines is 1. The van der Waals surface area contributed by atoms with Crippen molar-refractivity contribution in [2.75, 3.05) is 31.1 Å². The van der Waals surface area contributed by atoms with Crippen molar-refractivity contribution in [1.82, 2.24) is 19.6 Å². The molecule has 1 aromatic carbocycles. The predicted octanol–water partition coefficient (Wildman–Crippen LogP) is 1.55. The number of halogens is 1. The van der Waals surface area contributed by atoms with Crippen molar-refractivity contribution < 1.29 is 14.4 Å². The molecule has 1 spiro atoms. The molecule has 2 aliphatic rings. The zero-order valence-corrected chi connectivity index (χ0v) is 17.1. The SMILES string of the molecule is CC(=O)N1CC(=O)N(c2cnn(C)c2)CC12CCN(C(=O)c1cccc(Cl)c1)C2. The first kappa shape index (κ1) is 19.4. The van der Waals surface area contributed by atoms with Crippen LogP contribution < -0.4 is 4.90 Å². The van der Waals surface area contributed by atoms with Crippen molar-refractivity contribution in [1.29, 1.82) is 0 Å². The average molecular weight is 416 g/mol. The highest BCUT2D eigenvalue weighted by atomic mass is 35.5. The van der Waals surface area contributed by atoms with Crippen molar-refractivity contribution >= 4 is 35.0 Å². The minimum absolute atomic E-state index is 0.0105. The second kappa shape index (κ2) is 7.18. The average Bonchev–Trinajstić information content (AvgIpc) is 3.30. The molecule has 0 saturated carbocycles. The van der Waals surface area contributed by atoms with Gasteiger partial charge >= 0.3 is 0 Å². The Morgan fingerprint density at radius 1 is 1.24 bits per heavy atom. The molecule has 2 fully saturated rings. The normalized spacial score (nSPS) is 21.9. The molecule has 3 heterocycles. The molecule has 29 heavy (non-hydrogen) atoms. The zero-order chi connectivity index (χ0) is 20.8. The van der Waals surface area contributed by atoms with Gasteiger partial charge in [-0.25, -0.2) is 0 Å². The van der Waals surface area contributed by atoms with Crippen LogP contribution in [0.2, 0.25) is 5.02 Å². The quantitative estimate of drug-likeness (QED) is 0.745. The highest BCUT2D eigenvalue weighted by Crippen LogP contribution is 2.35. The summed E-state index contributed by atoms with van der Waals surface area (Å²) in [6.45, 7) is 2.65. The Morgan fingerprint density at radius 2 is 2.03 bits per heavy atom. The van der Waals surface area contributed by atoms with E-state index < -0.39 is 5.54 Å². The first-order valence-corrected chi connectivity index (χ1v) is 9.79. The van der Waals surface area contributed by atoms with Crippen LogP contribution in [-0.4, -0.2) is 69.0 Å². The number of rotatable bonds is 2. The summed E-state index contributed by atoms with van der Waals surface area (Å²) in [5.74, 6) is -0.447. The number of benzene rings is 1. The fourth-order valence-corrected chi connectivity index (χ4v) is 4.46. The highest BCUT2D eigenvalue weighted by Gasteiger charge is 2.51. The third-order valence-corrected chi connectivity index (χ3v) is 5.93. The maximum Gasteiger partial charge on any atom is 0.253 e. The van der Waals surface area contributed by atoms with Crippen LogP contribution in [0.25, 0.3) is 0 Å². The molecule has 152 valence electrons. The number of hydrogen-bond acceptors (Lipinski definition) is 4. The third-order valence-electron chi connectivity index (χ3n) is 5.69. The van der Waals surface area contributed by atoms with Gasteiger partial charge in [-0.2, -0.15) is 5.10 Å². The van der Waals surface area contributed by atoms with E-state index in [0.29, 0.717) is 42.3 Å². The number of likely N-dealkylation sites (tertiary alicyclic amines) is 1. The Labute approximate surface area is 173 Å². The van der Waals surface area contributed by atoms with Crippen LogP contribution in [0, 0.1) is 0 Å². The number of carbonyl (C=O) groups excluding carboxylic acids is 3. The molecule has 2 aromatic rings. The van der Waals surface area contributed by atoms with Crippen LogP contribution in [0.4, 0.5) is 5.69 Å². The van der Waals surface area contributed by atoms with Gasteiger partial charge in [0.15, 0.2) is 0 Å². The van der Waals surface area contributed by atoms with Crippen LogP contribution >= 0.6 is 11.6 Å². The standard InChI is InChI=1S/C20H22ClN5O3/c1-14(27)26-11-18(28)25(17-9-22-23(2)10-17)13-20(26)6-7-24(12-20)19(29)15-4-3-5-16(21)8-15/h3-5,8-10H,6-7,11-13H2,1-2H3. The lowest BCUT2D eigenvalue weighted by molar-refractivity contribution is -0.142. The Kier molecular flexibility index (Phi) is 4.82. The van der Waals surface area contributed by atoms with Crippen molar-refractivity contribution in [2.24, 2.45) is 7.05 Å². The van der Waals surface area contributed by atoms with Gasteiger partial charge in [-0.3, -0.25) is 19.1 Å². The number of nitrogens with zero attached hydrogens (tertiary/aromatic N) is 5. The number of piperazine rings is 1. The fraction of sp³-hybridized carbons (Fsp3) is 0.400. The maximum absolute atomic E-state index is 13.0. The van der Waals surface area contributed by atoms with Crippen LogP contribution in [0.5, 0.6) is 0 Å². The van der Waals surface area contributed by atoms with Gasteiger partial charge in [-0.05, 0) is 24.6 Å². The summed E-state index contributed by atoms with van der Waals surface area (Å²) in [6, 6.07) is 6.84. The monoisotopic (exact) mass is 415 g/mol. The number of carbonyl (C=O) groups is 3. The molecule has 3 amide bonds. The minimum Gasteiger partial charge on any atom is -0.336 e. The van der Waals surface area contributed by atoms with E-state index in [-0.39, 0.29) is 24.3 Å². The van der Waals surface area contributed by atoms with Crippen molar-refractivity contribution in [2.45, 2.75) is 18.9 Å². The smallest absolute Gasteiger partial charge is 0.253 e. The molecule has 2 saturated heterocycles. The lowest BCUT2D eigenvalue weighted by Gasteiger charge is -2.47. The van der Waals surface area contributed by atoms with Crippen molar-refractivity contribution in [3.63, 3.8) is 0 Å². The van der Waals surface area contributed by atoms with Crippen LogP contribution in [0.3, 0.4) is 0 Å². The molecule has 4 rings (SSSR count). The van der Waals surface area contributed by atoms with Crippen LogP contribution in [0.15, 0.2) is 36.7 Å². The lowest BCUT2D eigenvalue weighted by Crippen LogP contribution is -2.67. The van der Waals surface area contributed by atoms with E-state index in [1.807, 2.05) is 0 Å². The molecular formula is C20H22ClN5O3. The van der Waals surface area contributed by atoms with Crippen LogP contribution in [0.1, 0.15) is 23.7 Å². The summed E-state index contributed by atoms with van der Waals surface area (Å²) < 4.78 is 1.64. The summed E-state index contributed by atoms with van der Waals surface area (Å²) >= 11 is 6.03. The van der Waals surface area contributed by atoms with Gasteiger partial charge < -0.3 is 14.7 Å². The number of hydrogen-bond donors (Lipinski definition) is 0. The Bertz CT molecular complexity index is 990. The summed E-state index contributed by atoms with van der Waals surface area (Å²) in [6.07, 6.45) is 4.01. The van der Waals surface area contributed by atoms with Gasteiger partial charge in [-0.1, -0.05) is 17.7 Å². The second-order valence-electron chi connectivity index (χ2n) is 7.67. The number of aryl methyl sites for hydroxylation is 1. The maximum atomic E-state index is 13.0. The molecule has 8 nitrogen and oxygen atoms in total. The second-order valence-corrected chi connectivity index (χ2v) is 8.11. The fourth-order valence-electron chi connectivity index (χ4n) is 4.27. The zero-order valence-electron chi connectivity index (χ0n) is 16.3. The molecule has 0 aliphatic carbocycles. The van der Waals surface area contributed by atoms with E-state index in [4.69, 9.17) is 11.6 Å². The lowest BCUT2D eigenvalue weighted by atomic mass is 9.92. The van der Waals surface area contributed by atoms with E-state index >= 15 is 0 Å². The first-order valence-electron chi connectivity index (χ1n) is 9.41. The third kappa shape index (κ3) is 3.48. The van der Waals surface area contributed by atoms with E-state index in [2.05, 4.69) is 5.10 Å². The summed E-state index contributed by atoms with van der Waals surface area (Å²) in [7, 11) is 1.79. The molecule has 1 aromatic heterocycles. The van der Waals surface area contributed by atoms with Gasteiger partial charge in [-0.15, -0.1) is 0 Å². The summed E-state index contributed by atoms with van der Waals surface area (Å²) in [5.41, 5.74) is 0.587. The number of aromatic nitrogens is 2. The largest absolute Gasteiger partial charge is 0.336 e. The van der Waals surface area contributed by atoms with Crippen LogP contribution in [-0.2, 0) is 16.6 Å². The van der Waals surface area contributed by atoms with E-state index in [9.17, 15) is 14.4 Å². The Balaban J connectivity index is 1.62. The summed E-state index contributed by atoms with van der Waals surface area (Å²) in [5, 5.41) is 4.65. The predicted molar refractivity (Wildman–Crippen MR) is 108 cm³/mol. The highest BCUT2D eigenvalue weighted by molar-refractivity contribution is 6.30. The molecule has 9 heteroatoms. The molecule has 1 atom stereocenters. The first-order chi connectivity index (χ1) is 13.8. The topological polar surface area (TPSA) is 78.8 Å². The van der Waals surface area contributed by atoms with Gasteiger partial charge in [0.2, 0.25) is 11.8 Å². The number of amides is 3. The van der Waals surface area contributed by atoms with Gasteiger partial charge in [0.25, 0.3) is 5.91 Å². The van der Waals surface area contributed by atoms with Crippen molar-refractivity contribution in [3.8, 4) is 0 Å². The molecular weight excluding hydrogens is 394 g/mol. The summed E-state index contributed by atoms with van der Waals surface area (Å²) in [4.78, 5) is 43.1. The van der Waals surface area contributed by atoms with Crippen molar-refractivity contribution in [3.05, 3.63) is 47.2 Å². The van der Waals surface area contributed by atoms with Gasteiger partial charge in [0.05, 0.1) is 24.0 Å².